The van der Waals surface area contributed by atoms with E-state index in [1.165, 1.54) is 0 Å². The first kappa shape index (κ1) is 29.2. The van der Waals surface area contributed by atoms with Crippen molar-refractivity contribution in [2.24, 2.45) is 0 Å². The Morgan fingerprint density at radius 3 is 1.24 bits per heavy atom. The van der Waals surface area contributed by atoms with Crippen molar-refractivity contribution < 1.29 is 58.1 Å². The summed E-state index contributed by atoms with van der Waals surface area (Å²) in [6.07, 6.45) is -9.92. The maximum Gasteiger partial charge on any atom is 0.420 e. The molecule has 4 aromatic carbocycles. The molecule has 5 nitrogen and oxygen atoms in total. The van der Waals surface area contributed by atoms with Crippen LogP contribution in [0.1, 0.15) is 11.1 Å². The van der Waals surface area contributed by atoms with E-state index in [1.54, 1.807) is 0 Å². The standard InChI is InChI=1S/C26H14F10N2O3/c27-18-10-21(23(29)24(30)22(18)28)41-15-8-13(39-19-3-1-11(37)5-16(19)25(31,32)33)7-14(9-15)40-20-4-2-12(38)6-17(20)26(34,35)36/h1-10H,37-38H2. The van der Waals surface area contributed by atoms with Gasteiger partial charge >= 0.3 is 12.4 Å². The number of rotatable bonds is 6. The van der Waals surface area contributed by atoms with Crippen molar-refractivity contribution in [3.63, 3.8) is 0 Å². The van der Waals surface area contributed by atoms with Crippen LogP contribution in [0.3, 0.4) is 0 Å². The van der Waals surface area contributed by atoms with E-state index < -0.39 is 81.2 Å². The molecule has 41 heavy (non-hydrogen) atoms. The number of nitrogens with two attached hydrogens (primary N) is 2. The van der Waals surface area contributed by atoms with Gasteiger partial charge in [-0.25, -0.2) is 13.2 Å². The van der Waals surface area contributed by atoms with Crippen LogP contribution in [-0.4, -0.2) is 0 Å². The Morgan fingerprint density at radius 2 is 0.854 bits per heavy atom. The van der Waals surface area contributed by atoms with Crippen LogP contribution in [0.25, 0.3) is 0 Å². The number of benzene rings is 4. The number of hydrogen-bond donors (Lipinski definition) is 2. The molecule has 0 aromatic heterocycles. The van der Waals surface area contributed by atoms with Gasteiger partial charge in [0, 0.05) is 35.6 Å². The fraction of sp³-hybridized carbons (Fsp3) is 0.0769. The van der Waals surface area contributed by atoms with Crippen molar-refractivity contribution in [1.29, 1.82) is 0 Å². The lowest BCUT2D eigenvalue weighted by molar-refractivity contribution is -0.139. The van der Waals surface area contributed by atoms with Crippen molar-refractivity contribution in [2.45, 2.75) is 12.4 Å². The Morgan fingerprint density at radius 1 is 0.463 bits per heavy atom. The van der Waals surface area contributed by atoms with Crippen LogP contribution >= 0.6 is 0 Å². The van der Waals surface area contributed by atoms with Crippen LogP contribution in [0.4, 0.5) is 55.3 Å². The minimum atomic E-state index is -4.96. The molecule has 0 aliphatic carbocycles. The molecule has 0 saturated heterocycles. The molecule has 4 N–H and O–H groups in total. The van der Waals surface area contributed by atoms with Crippen molar-refractivity contribution in [2.75, 3.05) is 11.5 Å². The number of nitrogen functional groups attached to an aromatic ring is 2. The van der Waals surface area contributed by atoms with Gasteiger partial charge in [-0.3, -0.25) is 0 Å². The highest BCUT2D eigenvalue weighted by Gasteiger charge is 2.36. The monoisotopic (exact) mass is 592 g/mol. The van der Waals surface area contributed by atoms with Gasteiger partial charge in [-0.05, 0) is 36.4 Å². The van der Waals surface area contributed by atoms with Crippen molar-refractivity contribution >= 4 is 11.4 Å². The fourth-order valence-electron chi connectivity index (χ4n) is 3.45. The summed E-state index contributed by atoms with van der Waals surface area (Å²) < 4.78 is 152. The summed E-state index contributed by atoms with van der Waals surface area (Å²) in [5.41, 5.74) is 7.64. The molecule has 0 amide bonds. The smallest absolute Gasteiger partial charge is 0.420 e. The second-order valence-corrected chi connectivity index (χ2v) is 8.25. The first-order valence-electron chi connectivity index (χ1n) is 11.0. The molecule has 0 spiro atoms. The molecule has 0 unspecified atom stereocenters. The Hall–Kier alpha value is -4.82. The van der Waals surface area contributed by atoms with Crippen LogP contribution in [0.5, 0.6) is 34.5 Å². The van der Waals surface area contributed by atoms with E-state index in [-0.39, 0.29) is 17.4 Å². The summed E-state index contributed by atoms with van der Waals surface area (Å²) in [7, 11) is 0. The van der Waals surface area contributed by atoms with Gasteiger partial charge in [0.2, 0.25) is 11.6 Å². The predicted molar refractivity (Wildman–Crippen MR) is 125 cm³/mol. The normalized spacial score (nSPS) is 11.9. The molecule has 0 aliphatic rings. The largest absolute Gasteiger partial charge is 0.456 e. The molecular formula is C26H14F10N2O3. The molecular weight excluding hydrogens is 578 g/mol. The van der Waals surface area contributed by atoms with Crippen LogP contribution in [0, 0.1) is 23.3 Å². The van der Waals surface area contributed by atoms with Gasteiger partial charge in [0.25, 0.3) is 0 Å². The summed E-state index contributed by atoms with van der Waals surface area (Å²) >= 11 is 0. The second-order valence-electron chi connectivity index (χ2n) is 8.25. The van der Waals surface area contributed by atoms with E-state index in [2.05, 4.69) is 0 Å². The zero-order valence-electron chi connectivity index (χ0n) is 19.9. The van der Waals surface area contributed by atoms with Gasteiger partial charge in [-0.1, -0.05) is 0 Å². The highest BCUT2D eigenvalue weighted by Crippen LogP contribution is 2.44. The molecule has 0 atom stereocenters. The Kier molecular flexibility index (Phi) is 7.56. The minimum absolute atomic E-state index is 0.130. The van der Waals surface area contributed by atoms with Crippen LogP contribution in [0.2, 0.25) is 0 Å². The Bertz CT molecular complexity index is 1540. The third kappa shape index (κ3) is 6.50. The summed E-state index contributed by atoms with van der Waals surface area (Å²) in [5, 5.41) is 0. The van der Waals surface area contributed by atoms with Crippen LogP contribution in [-0.2, 0) is 12.4 Å². The van der Waals surface area contributed by atoms with E-state index >= 15 is 0 Å². The second kappa shape index (κ2) is 10.6. The minimum Gasteiger partial charge on any atom is -0.456 e. The van der Waals surface area contributed by atoms with Gasteiger partial charge < -0.3 is 25.7 Å². The number of ether oxygens (including phenoxy) is 3. The Balaban J connectivity index is 1.83. The van der Waals surface area contributed by atoms with Crippen molar-refractivity contribution in [3.8, 4) is 34.5 Å². The van der Waals surface area contributed by atoms with E-state index in [9.17, 15) is 43.9 Å². The van der Waals surface area contributed by atoms with Gasteiger partial charge in [-0.2, -0.15) is 30.7 Å². The molecule has 0 aliphatic heterocycles. The molecule has 0 bridgehead atoms. The highest BCUT2D eigenvalue weighted by molar-refractivity contribution is 5.54. The molecule has 0 saturated carbocycles. The molecule has 0 radical (unpaired) electrons. The number of hydrogen-bond acceptors (Lipinski definition) is 5. The van der Waals surface area contributed by atoms with Crippen LogP contribution < -0.4 is 25.7 Å². The lowest BCUT2D eigenvalue weighted by atomic mass is 10.1. The summed E-state index contributed by atoms with van der Waals surface area (Å²) in [4.78, 5) is 0. The third-order valence-electron chi connectivity index (χ3n) is 5.22. The molecule has 0 fully saturated rings. The van der Waals surface area contributed by atoms with Crippen molar-refractivity contribution in [1.82, 2.24) is 0 Å². The predicted octanol–water partition coefficient (Wildman–Crippen LogP) is 8.82. The van der Waals surface area contributed by atoms with E-state index in [1.807, 2.05) is 0 Å². The van der Waals surface area contributed by atoms with E-state index in [0.29, 0.717) is 12.1 Å². The zero-order chi connectivity index (χ0) is 30.3. The summed E-state index contributed by atoms with van der Waals surface area (Å²) in [6, 6.07) is 7.50. The lowest BCUT2D eigenvalue weighted by Crippen LogP contribution is -2.08. The molecule has 15 heteroatoms. The van der Waals surface area contributed by atoms with Gasteiger partial charge in [0.15, 0.2) is 17.4 Å². The SMILES string of the molecule is Nc1ccc(Oc2cc(Oc3ccc(N)cc3C(F)(F)F)cc(Oc3cc(F)c(F)c(F)c3F)c2)c(C(F)(F)F)c1. The lowest BCUT2D eigenvalue weighted by Gasteiger charge is -2.18. The highest BCUT2D eigenvalue weighted by atomic mass is 19.4. The van der Waals surface area contributed by atoms with E-state index in [0.717, 1.165) is 42.5 Å². The maximum absolute atomic E-state index is 14.2. The first-order chi connectivity index (χ1) is 19.0. The average molecular weight is 592 g/mol. The number of halogens is 10. The summed E-state index contributed by atoms with van der Waals surface area (Å²) in [6.45, 7) is 0. The first-order valence-corrected chi connectivity index (χ1v) is 11.0. The Labute approximate surface area is 223 Å². The fourth-order valence-corrected chi connectivity index (χ4v) is 3.45. The number of alkyl halides is 6. The molecule has 216 valence electrons. The zero-order valence-corrected chi connectivity index (χ0v) is 19.9. The number of anilines is 2. The van der Waals surface area contributed by atoms with Crippen molar-refractivity contribution in [3.05, 3.63) is 95.1 Å². The third-order valence-corrected chi connectivity index (χ3v) is 5.22. The molecule has 4 rings (SSSR count). The average Bonchev–Trinajstić information content (AvgIpc) is 2.87. The molecule has 0 heterocycles. The topological polar surface area (TPSA) is 79.7 Å². The van der Waals surface area contributed by atoms with Crippen LogP contribution in [0.15, 0.2) is 60.7 Å². The quantitative estimate of drug-likeness (QED) is 0.101. The maximum atomic E-state index is 14.2. The van der Waals surface area contributed by atoms with Gasteiger partial charge in [0.05, 0.1) is 0 Å². The summed E-state index contributed by atoms with van der Waals surface area (Å²) in [5.74, 6) is -12.8. The van der Waals surface area contributed by atoms with Gasteiger partial charge in [0.1, 0.15) is 39.9 Å². The molecule has 4 aromatic rings. The van der Waals surface area contributed by atoms with E-state index in [4.69, 9.17) is 25.7 Å². The van der Waals surface area contributed by atoms with Gasteiger partial charge in [-0.15, -0.1) is 0 Å².